The highest BCUT2D eigenvalue weighted by atomic mass is 16.2. The van der Waals surface area contributed by atoms with E-state index in [1.165, 1.54) is 25.7 Å². The number of piperidine rings is 1. The van der Waals surface area contributed by atoms with Crippen LogP contribution in [0.2, 0.25) is 0 Å². The first-order valence-corrected chi connectivity index (χ1v) is 9.48. The van der Waals surface area contributed by atoms with Crippen LogP contribution in [0.1, 0.15) is 72.6 Å². The van der Waals surface area contributed by atoms with E-state index >= 15 is 0 Å². The second-order valence-corrected chi connectivity index (χ2v) is 7.64. The van der Waals surface area contributed by atoms with Gasteiger partial charge in [0.25, 0.3) is 0 Å². The van der Waals surface area contributed by atoms with E-state index in [1.54, 1.807) is 0 Å². The Morgan fingerprint density at radius 1 is 1.00 bits per heavy atom. The van der Waals surface area contributed by atoms with Crippen molar-refractivity contribution in [2.75, 3.05) is 19.6 Å². The smallest absolute Gasteiger partial charge is 0.225 e. The Kier molecular flexibility index (Phi) is 9.27. The monoisotopic (exact) mass is 324 g/mol. The molecule has 23 heavy (non-hydrogen) atoms. The van der Waals surface area contributed by atoms with Crippen molar-refractivity contribution in [3.05, 3.63) is 0 Å². The third kappa shape index (κ3) is 7.85. The summed E-state index contributed by atoms with van der Waals surface area (Å²) in [6.45, 7) is 10.6. The lowest BCUT2D eigenvalue weighted by Gasteiger charge is -2.32. The molecule has 0 spiro atoms. The normalized spacial score (nSPS) is 16.2. The average Bonchev–Trinajstić information content (AvgIpc) is 2.52. The number of carbonyl (C=O) groups is 2. The van der Waals surface area contributed by atoms with E-state index in [9.17, 15) is 9.59 Å². The third-order valence-corrected chi connectivity index (χ3v) is 4.68. The molecule has 2 amide bonds. The first-order chi connectivity index (χ1) is 10.9. The van der Waals surface area contributed by atoms with Crippen molar-refractivity contribution >= 4 is 11.8 Å². The van der Waals surface area contributed by atoms with Gasteiger partial charge in [0.2, 0.25) is 11.8 Å². The summed E-state index contributed by atoms with van der Waals surface area (Å²) >= 11 is 0. The minimum Gasteiger partial charge on any atom is -0.356 e. The number of likely N-dealkylation sites (tertiary alicyclic amines) is 1. The molecule has 0 aliphatic carbocycles. The summed E-state index contributed by atoms with van der Waals surface area (Å²) in [5.74, 6) is 1.33. The molecule has 0 bridgehead atoms. The molecule has 134 valence electrons. The van der Waals surface area contributed by atoms with E-state index in [0.29, 0.717) is 0 Å². The first kappa shape index (κ1) is 20.0. The van der Waals surface area contributed by atoms with Crippen LogP contribution in [0, 0.1) is 17.8 Å². The molecular weight excluding hydrogens is 288 g/mol. The summed E-state index contributed by atoms with van der Waals surface area (Å²) in [6.07, 6.45) is 7.76. The number of carbonyl (C=O) groups excluding carboxylic acids is 2. The molecule has 1 aliphatic heterocycles. The molecule has 1 saturated heterocycles. The highest BCUT2D eigenvalue weighted by Gasteiger charge is 2.27. The van der Waals surface area contributed by atoms with E-state index in [1.807, 2.05) is 18.7 Å². The second-order valence-electron chi connectivity index (χ2n) is 7.64. The predicted molar refractivity (Wildman–Crippen MR) is 95.1 cm³/mol. The molecule has 4 nitrogen and oxygen atoms in total. The summed E-state index contributed by atoms with van der Waals surface area (Å²) in [4.78, 5) is 26.0. The molecule has 0 saturated carbocycles. The fourth-order valence-corrected chi connectivity index (χ4v) is 3.11. The van der Waals surface area contributed by atoms with Gasteiger partial charge in [0.15, 0.2) is 0 Å². The van der Waals surface area contributed by atoms with Gasteiger partial charge >= 0.3 is 0 Å². The summed E-state index contributed by atoms with van der Waals surface area (Å²) in [5.41, 5.74) is 0. The number of unbranched alkanes of at least 4 members (excludes halogenated alkanes) is 3. The second kappa shape index (κ2) is 10.7. The quantitative estimate of drug-likeness (QED) is 0.659. The number of hydrogen-bond acceptors (Lipinski definition) is 2. The number of rotatable bonds is 9. The van der Waals surface area contributed by atoms with Crippen LogP contribution in [0.15, 0.2) is 0 Å². The molecule has 0 aromatic heterocycles. The maximum Gasteiger partial charge on any atom is 0.225 e. The van der Waals surface area contributed by atoms with Gasteiger partial charge < -0.3 is 10.2 Å². The van der Waals surface area contributed by atoms with Crippen LogP contribution in [0.3, 0.4) is 0 Å². The summed E-state index contributed by atoms with van der Waals surface area (Å²) < 4.78 is 0. The van der Waals surface area contributed by atoms with E-state index in [4.69, 9.17) is 0 Å². The number of hydrogen-bond donors (Lipinski definition) is 1. The zero-order valence-electron chi connectivity index (χ0n) is 15.6. The van der Waals surface area contributed by atoms with Gasteiger partial charge in [0, 0.05) is 31.5 Å². The molecule has 1 N–H and O–H groups in total. The fourth-order valence-electron chi connectivity index (χ4n) is 3.11. The van der Waals surface area contributed by atoms with Gasteiger partial charge in [-0.2, -0.15) is 0 Å². The van der Waals surface area contributed by atoms with Gasteiger partial charge in [0.1, 0.15) is 0 Å². The van der Waals surface area contributed by atoms with Gasteiger partial charge in [-0.3, -0.25) is 9.59 Å². The van der Waals surface area contributed by atoms with Crippen molar-refractivity contribution in [3.8, 4) is 0 Å². The van der Waals surface area contributed by atoms with Crippen LogP contribution < -0.4 is 5.32 Å². The molecular formula is C19H36N2O2. The Morgan fingerprint density at radius 2 is 1.61 bits per heavy atom. The predicted octanol–water partition coefficient (Wildman–Crippen LogP) is 3.60. The summed E-state index contributed by atoms with van der Waals surface area (Å²) in [5, 5.41) is 3.08. The van der Waals surface area contributed by atoms with Crippen molar-refractivity contribution in [2.45, 2.75) is 72.6 Å². The topological polar surface area (TPSA) is 49.4 Å². The molecule has 0 aromatic carbocycles. The van der Waals surface area contributed by atoms with Gasteiger partial charge in [-0.05, 0) is 25.2 Å². The lowest BCUT2D eigenvalue weighted by atomic mass is 9.95. The van der Waals surface area contributed by atoms with Gasteiger partial charge in [0.05, 0.1) is 0 Å². The van der Waals surface area contributed by atoms with Crippen LogP contribution in [0.25, 0.3) is 0 Å². The van der Waals surface area contributed by atoms with Crippen LogP contribution in [0.4, 0.5) is 0 Å². The first-order valence-electron chi connectivity index (χ1n) is 9.48. The Labute approximate surface area is 142 Å². The molecule has 1 rings (SSSR count). The van der Waals surface area contributed by atoms with Crippen LogP contribution in [-0.2, 0) is 9.59 Å². The van der Waals surface area contributed by atoms with Crippen LogP contribution in [0.5, 0.6) is 0 Å². The van der Waals surface area contributed by atoms with E-state index in [-0.39, 0.29) is 23.7 Å². The number of amides is 2. The van der Waals surface area contributed by atoms with Gasteiger partial charge in [-0.1, -0.05) is 53.4 Å². The maximum atomic E-state index is 12.2. The van der Waals surface area contributed by atoms with E-state index in [0.717, 1.165) is 44.8 Å². The van der Waals surface area contributed by atoms with E-state index in [2.05, 4.69) is 19.2 Å². The van der Waals surface area contributed by atoms with E-state index < -0.39 is 0 Å². The number of nitrogens with zero attached hydrogens (tertiary/aromatic N) is 1. The van der Waals surface area contributed by atoms with Crippen LogP contribution >= 0.6 is 0 Å². The molecule has 0 aromatic rings. The molecule has 0 unspecified atom stereocenters. The fraction of sp³-hybridized carbons (Fsp3) is 0.895. The average molecular weight is 325 g/mol. The lowest BCUT2D eigenvalue weighted by Crippen LogP contribution is -2.44. The van der Waals surface area contributed by atoms with Crippen molar-refractivity contribution < 1.29 is 9.59 Å². The highest BCUT2D eigenvalue weighted by molar-refractivity contribution is 5.80. The zero-order valence-corrected chi connectivity index (χ0v) is 15.6. The zero-order chi connectivity index (χ0) is 17.2. The SMILES string of the molecule is CC(C)CCCCCCNC(=O)C1CCN(C(=O)C(C)C)CC1. The van der Waals surface area contributed by atoms with Crippen molar-refractivity contribution in [1.29, 1.82) is 0 Å². The Morgan fingerprint density at radius 3 is 2.17 bits per heavy atom. The highest BCUT2D eigenvalue weighted by Crippen LogP contribution is 2.19. The van der Waals surface area contributed by atoms with Crippen LogP contribution in [-0.4, -0.2) is 36.3 Å². The molecule has 0 radical (unpaired) electrons. The molecule has 0 atom stereocenters. The standard InChI is InChI=1S/C19H36N2O2/c1-15(2)9-7-5-6-8-12-20-18(22)17-10-13-21(14-11-17)19(23)16(3)4/h15-17H,5-14H2,1-4H3,(H,20,22). The summed E-state index contributed by atoms with van der Waals surface area (Å²) in [7, 11) is 0. The Bertz CT molecular complexity index is 358. The van der Waals surface area contributed by atoms with Gasteiger partial charge in [-0.25, -0.2) is 0 Å². The maximum absolute atomic E-state index is 12.2. The lowest BCUT2D eigenvalue weighted by molar-refractivity contribution is -0.138. The molecule has 4 heteroatoms. The molecule has 1 heterocycles. The van der Waals surface area contributed by atoms with Gasteiger partial charge in [-0.15, -0.1) is 0 Å². The Balaban J connectivity index is 2.09. The minimum atomic E-state index is 0.0519. The molecule has 1 aliphatic rings. The largest absolute Gasteiger partial charge is 0.356 e. The minimum absolute atomic E-state index is 0.0519. The van der Waals surface area contributed by atoms with Crippen molar-refractivity contribution in [3.63, 3.8) is 0 Å². The van der Waals surface area contributed by atoms with Crippen molar-refractivity contribution in [1.82, 2.24) is 10.2 Å². The summed E-state index contributed by atoms with van der Waals surface area (Å²) in [6, 6.07) is 0. The Hall–Kier alpha value is -1.06. The van der Waals surface area contributed by atoms with Crippen molar-refractivity contribution in [2.24, 2.45) is 17.8 Å². The molecule has 1 fully saturated rings. The third-order valence-electron chi connectivity index (χ3n) is 4.68. The number of nitrogens with one attached hydrogen (secondary N) is 1.